The van der Waals surface area contributed by atoms with Crippen molar-refractivity contribution in [1.82, 2.24) is 14.9 Å². The number of carbonyl (C=O) groups is 1. The van der Waals surface area contributed by atoms with Crippen LogP contribution in [0.25, 0.3) is 11.0 Å². The van der Waals surface area contributed by atoms with Crippen molar-refractivity contribution in [3.63, 3.8) is 0 Å². The first-order valence-corrected chi connectivity index (χ1v) is 7.14. The Balaban J connectivity index is 2.16. The number of hydrogen-bond acceptors (Lipinski definition) is 3. The molecule has 0 radical (unpaired) electrons. The van der Waals surface area contributed by atoms with E-state index in [1.807, 2.05) is 34.9 Å². The minimum absolute atomic E-state index is 0.0924. The summed E-state index contributed by atoms with van der Waals surface area (Å²) in [4.78, 5) is 16.1. The average molecular weight is 285 g/mol. The molecule has 1 aromatic carbocycles. The first-order valence-electron chi connectivity index (χ1n) is 6.15. The van der Waals surface area contributed by atoms with Gasteiger partial charge >= 0.3 is 0 Å². The lowest BCUT2D eigenvalue weighted by atomic mass is 10.3. The van der Waals surface area contributed by atoms with Crippen LogP contribution >= 0.6 is 11.8 Å². The van der Waals surface area contributed by atoms with Gasteiger partial charge in [-0.3, -0.25) is 4.79 Å². The summed E-state index contributed by atoms with van der Waals surface area (Å²) in [7, 11) is 0. The molecule has 0 atom stereocenters. The van der Waals surface area contributed by atoms with Crippen LogP contribution in [-0.2, 0) is 11.3 Å². The van der Waals surface area contributed by atoms with Gasteiger partial charge in [0.2, 0.25) is 5.91 Å². The largest absolute Gasteiger partial charge is 0.344 e. The fraction of sp³-hybridized carbons (Fsp3) is 0.200. The van der Waals surface area contributed by atoms with Gasteiger partial charge in [-0.25, -0.2) is 4.98 Å². The van der Waals surface area contributed by atoms with Crippen molar-refractivity contribution in [2.24, 2.45) is 0 Å². The lowest BCUT2D eigenvalue weighted by molar-refractivity contribution is -0.118. The van der Waals surface area contributed by atoms with Gasteiger partial charge in [-0.15, -0.1) is 13.0 Å². The smallest absolute Gasteiger partial charge is 0.231 e. The SMILES string of the molecule is C#CCNC(=O)CSc1nc2ccccc2n1CC=C. The zero-order chi connectivity index (χ0) is 14.4. The van der Waals surface area contributed by atoms with Crippen LogP contribution in [-0.4, -0.2) is 27.8 Å². The van der Waals surface area contributed by atoms with Crippen molar-refractivity contribution in [2.45, 2.75) is 11.7 Å². The number of hydrogen-bond donors (Lipinski definition) is 1. The van der Waals surface area contributed by atoms with Gasteiger partial charge in [0.05, 0.1) is 23.3 Å². The Morgan fingerprint density at radius 1 is 1.55 bits per heavy atom. The Morgan fingerprint density at radius 3 is 3.10 bits per heavy atom. The fourth-order valence-corrected chi connectivity index (χ4v) is 2.65. The van der Waals surface area contributed by atoms with E-state index in [1.165, 1.54) is 11.8 Å². The molecule has 0 aliphatic rings. The standard InChI is InChI=1S/C15H15N3OS/c1-3-9-16-14(19)11-20-15-17-12-7-5-6-8-13(12)18(15)10-4-2/h1,4-8H,2,9-11H2,(H,16,19). The molecule has 1 heterocycles. The summed E-state index contributed by atoms with van der Waals surface area (Å²) in [5, 5.41) is 3.44. The van der Waals surface area contributed by atoms with E-state index >= 15 is 0 Å². The summed E-state index contributed by atoms with van der Waals surface area (Å²) in [6, 6.07) is 7.88. The Bertz CT molecular complexity index is 669. The number of carbonyl (C=O) groups excluding carboxylic acids is 1. The topological polar surface area (TPSA) is 46.9 Å². The summed E-state index contributed by atoms with van der Waals surface area (Å²) in [6.45, 7) is 4.67. The molecule has 0 aliphatic heterocycles. The van der Waals surface area contributed by atoms with Gasteiger partial charge in [0, 0.05) is 6.54 Å². The minimum atomic E-state index is -0.0924. The monoisotopic (exact) mass is 285 g/mol. The molecule has 0 unspecified atom stereocenters. The number of imidazole rings is 1. The highest BCUT2D eigenvalue weighted by Gasteiger charge is 2.11. The number of nitrogens with zero attached hydrogens (tertiary/aromatic N) is 2. The van der Waals surface area contributed by atoms with Crippen LogP contribution in [0.4, 0.5) is 0 Å². The Labute approximate surface area is 122 Å². The van der Waals surface area contributed by atoms with Gasteiger partial charge in [-0.2, -0.15) is 0 Å². The number of allylic oxidation sites excluding steroid dienone is 1. The molecule has 5 heteroatoms. The van der Waals surface area contributed by atoms with Gasteiger partial charge in [0.25, 0.3) is 0 Å². The van der Waals surface area contributed by atoms with Gasteiger partial charge in [-0.05, 0) is 12.1 Å². The van der Waals surface area contributed by atoms with Crippen molar-refractivity contribution in [3.05, 3.63) is 36.9 Å². The zero-order valence-electron chi connectivity index (χ0n) is 11.0. The Morgan fingerprint density at radius 2 is 2.35 bits per heavy atom. The van der Waals surface area contributed by atoms with Crippen LogP contribution in [0.2, 0.25) is 0 Å². The van der Waals surface area contributed by atoms with Crippen LogP contribution in [0.5, 0.6) is 0 Å². The van der Waals surface area contributed by atoms with Crippen molar-refractivity contribution >= 4 is 28.7 Å². The third-order valence-corrected chi connectivity index (χ3v) is 3.63. The number of rotatable bonds is 6. The zero-order valence-corrected chi connectivity index (χ0v) is 11.8. The number of fused-ring (bicyclic) bond motifs is 1. The molecule has 0 fully saturated rings. The highest BCUT2D eigenvalue weighted by Crippen LogP contribution is 2.23. The maximum absolute atomic E-state index is 11.6. The van der Waals surface area contributed by atoms with Gasteiger partial charge < -0.3 is 9.88 Å². The second-order valence-electron chi connectivity index (χ2n) is 4.05. The number of terminal acetylenes is 1. The van der Waals surface area contributed by atoms with E-state index in [1.54, 1.807) is 0 Å². The lowest BCUT2D eigenvalue weighted by Gasteiger charge is -2.05. The van der Waals surface area contributed by atoms with E-state index in [0.717, 1.165) is 16.2 Å². The van der Waals surface area contributed by atoms with E-state index in [2.05, 4.69) is 22.8 Å². The number of benzene rings is 1. The summed E-state index contributed by atoms with van der Waals surface area (Å²) in [6.07, 6.45) is 6.92. The van der Waals surface area contributed by atoms with E-state index in [0.29, 0.717) is 12.3 Å². The molecule has 0 bridgehead atoms. The molecule has 4 nitrogen and oxygen atoms in total. The van der Waals surface area contributed by atoms with Crippen molar-refractivity contribution < 1.29 is 4.79 Å². The number of nitrogens with one attached hydrogen (secondary N) is 1. The number of aromatic nitrogens is 2. The van der Waals surface area contributed by atoms with Gasteiger partial charge in [0.1, 0.15) is 0 Å². The lowest BCUT2D eigenvalue weighted by Crippen LogP contribution is -2.25. The summed E-state index contributed by atoms with van der Waals surface area (Å²) < 4.78 is 2.04. The number of para-hydroxylation sites is 2. The van der Waals surface area contributed by atoms with E-state index in [-0.39, 0.29) is 12.5 Å². The molecule has 1 amide bonds. The maximum atomic E-state index is 11.6. The van der Waals surface area contributed by atoms with Crippen molar-refractivity contribution in [2.75, 3.05) is 12.3 Å². The summed E-state index contributed by atoms with van der Waals surface area (Å²) in [5.74, 6) is 2.58. The van der Waals surface area contributed by atoms with Crippen molar-refractivity contribution in [3.8, 4) is 12.3 Å². The van der Waals surface area contributed by atoms with Gasteiger partial charge in [-0.1, -0.05) is 35.9 Å². The van der Waals surface area contributed by atoms with E-state index < -0.39 is 0 Å². The third kappa shape index (κ3) is 3.22. The summed E-state index contributed by atoms with van der Waals surface area (Å²) >= 11 is 1.39. The molecule has 0 saturated heterocycles. The summed E-state index contributed by atoms with van der Waals surface area (Å²) in [5.41, 5.74) is 1.96. The predicted octanol–water partition coefficient (Wildman–Crippen LogP) is 2.06. The van der Waals surface area contributed by atoms with Crippen LogP contribution in [0.15, 0.2) is 42.1 Å². The Kier molecular flexibility index (Phi) is 4.85. The molecule has 0 spiro atoms. The van der Waals surface area contributed by atoms with Crippen molar-refractivity contribution in [1.29, 1.82) is 0 Å². The van der Waals surface area contributed by atoms with Crippen LogP contribution in [0.1, 0.15) is 0 Å². The quantitative estimate of drug-likeness (QED) is 0.502. The van der Waals surface area contributed by atoms with E-state index in [4.69, 9.17) is 6.42 Å². The number of thioether (sulfide) groups is 1. The molecular formula is C15H15N3OS. The highest BCUT2D eigenvalue weighted by molar-refractivity contribution is 7.99. The molecule has 2 aromatic rings. The number of amides is 1. The molecule has 0 saturated carbocycles. The highest BCUT2D eigenvalue weighted by atomic mass is 32.2. The fourth-order valence-electron chi connectivity index (χ4n) is 1.80. The van der Waals surface area contributed by atoms with Crippen LogP contribution in [0, 0.1) is 12.3 Å². The average Bonchev–Trinajstić information content (AvgIpc) is 2.81. The predicted molar refractivity (Wildman–Crippen MR) is 82.5 cm³/mol. The first kappa shape index (κ1) is 14.2. The minimum Gasteiger partial charge on any atom is -0.344 e. The molecule has 102 valence electrons. The maximum Gasteiger partial charge on any atom is 0.231 e. The first-order chi connectivity index (χ1) is 9.76. The Hall–Kier alpha value is -2.19. The third-order valence-electron chi connectivity index (χ3n) is 2.65. The van der Waals surface area contributed by atoms with Crippen LogP contribution < -0.4 is 5.32 Å². The molecule has 20 heavy (non-hydrogen) atoms. The molecule has 1 aromatic heterocycles. The molecule has 2 rings (SSSR count). The second kappa shape index (κ2) is 6.83. The molecule has 1 N–H and O–H groups in total. The molecular weight excluding hydrogens is 270 g/mol. The van der Waals surface area contributed by atoms with E-state index in [9.17, 15) is 4.79 Å². The second-order valence-corrected chi connectivity index (χ2v) is 4.99. The van der Waals surface area contributed by atoms with Gasteiger partial charge in [0.15, 0.2) is 5.16 Å². The normalized spacial score (nSPS) is 10.2. The van der Waals surface area contributed by atoms with Crippen LogP contribution in [0.3, 0.4) is 0 Å². The molecule has 0 aliphatic carbocycles.